The Hall–Kier alpha value is 0.517. The summed E-state index contributed by atoms with van der Waals surface area (Å²) in [6.07, 6.45) is 0.993. The van der Waals surface area contributed by atoms with E-state index in [1.807, 2.05) is 14.1 Å². The van der Waals surface area contributed by atoms with Gasteiger partial charge in [-0.05, 0) is 20.6 Å². The maximum absolute atomic E-state index is 6.77. The third-order valence-corrected chi connectivity index (χ3v) is 0.782. The second-order valence-corrected chi connectivity index (χ2v) is 1.91. The van der Waals surface area contributed by atoms with E-state index < -0.39 is 0 Å². The molecule has 0 fully saturated rings. The van der Waals surface area contributed by atoms with E-state index in [0.717, 1.165) is 13.0 Å². The van der Waals surface area contributed by atoms with Crippen LogP contribution >= 0.6 is 0 Å². The molecule has 2 nitrogen and oxygen atoms in total. The van der Waals surface area contributed by atoms with Gasteiger partial charge in [0, 0.05) is 0 Å². The van der Waals surface area contributed by atoms with Crippen molar-refractivity contribution in [2.24, 2.45) is 0 Å². The number of rotatable bonds is 3. The molecule has 0 aromatic heterocycles. The zero-order valence-electron chi connectivity index (χ0n) is 6.07. The molecule has 0 saturated heterocycles. The van der Waals surface area contributed by atoms with E-state index in [-0.39, 0.29) is 18.9 Å². The fourth-order valence-electron chi connectivity index (χ4n) is 0.395. The van der Waals surface area contributed by atoms with Crippen molar-refractivity contribution >= 4 is 0 Å². The quantitative estimate of drug-likeness (QED) is 0.384. The molecule has 44 valence electrons. The molecule has 1 N–H and O–H groups in total. The summed E-state index contributed by atoms with van der Waals surface area (Å²) in [6.45, 7) is 1.60. The normalized spacial score (nSPS) is 9.00. The topological polar surface area (TPSA) is 27.0 Å². The second kappa shape index (κ2) is 7.52. The molecule has 8 heavy (non-hydrogen) atoms. The molecule has 0 aliphatic heterocycles. The molecule has 0 heterocycles. The van der Waals surface area contributed by atoms with Crippen LogP contribution in [0, 0.1) is 0 Å². The number of hydrogen-bond acceptors (Lipinski definition) is 1. The van der Waals surface area contributed by atoms with Crippen LogP contribution in [0.2, 0.25) is 0 Å². The summed E-state index contributed by atoms with van der Waals surface area (Å²) < 4.78 is 0. The van der Waals surface area contributed by atoms with E-state index in [1.54, 1.807) is 0 Å². The van der Waals surface area contributed by atoms with Gasteiger partial charge in [-0.25, -0.2) is 0 Å². The van der Waals surface area contributed by atoms with E-state index in [2.05, 4.69) is 4.90 Å². The summed E-state index contributed by atoms with van der Waals surface area (Å²) in [5, 5.41) is 0. The Balaban J connectivity index is 0. The van der Waals surface area contributed by atoms with E-state index in [0.29, 0.717) is 6.54 Å². The van der Waals surface area contributed by atoms with Gasteiger partial charge in [-0.2, -0.15) is 0 Å². The molecule has 0 aliphatic rings. The molecule has 0 bridgehead atoms. The van der Waals surface area contributed by atoms with Gasteiger partial charge in [-0.1, -0.05) is 6.42 Å². The van der Waals surface area contributed by atoms with Crippen molar-refractivity contribution in [2.45, 2.75) is 6.42 Å². The molecule has 3 heteroatoms. The Morgan fingerprint density at radius 2 is 1.88 bits per heavy atom. The van der Waals surface area contributed by atoms with Gasteiger partial charge in [-0.15, -0.1) is 6.54 Å². The third kappa shape index (κ3) is 9.72. The maximum atomic E-state index is 6.77. The van der Waals surface area contributed by atoms with Crippen molar-refractivity contribution in [3.8, 4) is 0 Å². The molecule has 0 rings (SSSR count). The number of hydrogen-bond donors (Lipinski definition) is 0. The van der Waals surface area contributed by atoms with E-state index >= 15 is 0 Å². The smallest absolute Gasteiger partial charge is 0.677 e. The molecule has 0 aliphatic carbocycles. The first-order valence-corrected chi connectivity index (χ1v) is 2.56. The fourth-order valence-corrected chi connectivity index (χ4v) is 0.395. The summed E-state index contributed by atoms with van der Waals surface area (Å²) in [5.41, 5.74) is 6.77. The average Bonchev–Trinajstić information content (AvgIpc) is 1.61. The average molecular weight is 108 g/mol. The van der Waals surface area contributed by atoms with Crippen molar-refractivity contribution in [3.63, 3.8) is 0 Å². The minimum absolute atomic E-state index is 0. The first kappa shape index (κ1) is 11.3. The van der Waals surface area contributed by atoms with Gasteiger partial charge < -0.3 is 10.6 Å². The van der Waals surface area contributed by atoms with E-state index in [4.69, 9.17) is 5.73 Å². The fraction of sp³-hybridized carbons (Fsp3) is 1.00. The van der Waals surface area contributed by atoms with Gasteiger partial charge in [0.1, 0.15) is 0 Å². The van der Waals surface area contributed by atoms with Crippen LogP contribution < -0.4 is 18.9 Å². The number of nitrogens with zero attached hydrogens (tertiary/aromatic N) is 1. The minimum atomic E-state index is 0. The van der Waals surface area contributed by atoms with Gasteiger partial charge in [0.25, 0.3) is 0 Å². The Morgan fingerprint density at radius 1 is 1.38 bits per heavy atom. The van der Waals surface area contributed by atoms with Crippen molar-refractivity contribution in [1.29, 1.82) is 0 Å². The predicted molar refractivity (Wildman–Crippen MR) is 32.4 cm³/mol. The van der Waals surface area contributed by atoms with Crippen LogP contribution in [0.4, 0.5) is 0 Å². The van der Waals surface area contributed by atoms with Crippen LogP contribution in [0.25, 0.3) is 5.73 Å². The number of nitrogens with one attached hydrogen (secondary N) is 1. The monoisotopic (exact) mass is 108 g/mol. The summed E-state index contributed by atoms with van der Waals surface area (Å²) in [5.74, 6) is 0. The van der Waals surface area contributed by atoms with Crippen LogP contribution in [0.15, 0.2) is 0 Å². The molecule has 0 aromatic rings. The van der Waals surface area contributed by atoms with Gasteiger partial charge >= 0.3 is 18.9 Å². The molecule has 0 radical (unpaired) electrons. The molecular weight excluding hydrogens is 95.0 g/mol. The molecule has 0 amide bonds. The van der Waals surface area contributed by atoms with Crippen LogP contribution in [0.1, 0.15) is 6.42 Å². The van der Waals surface area contributed by atoms with Crippen LogP contribution in [-0.2, 0) is 0 Å². The van der Waals surface area contributed by atoms with E-state index in [1.165, 1.54) is 0 Å². The standard InChI is InChI=1S/C5H13N2.Li/c1-7(2)5-3-4-6;/h6H,3-5H2,1-2H3;/q-1;+1. The molecule has 0 aromatic carbocycles. The van der Waals surface area contributed by atoms with Crippen molar-refractivity contribution in [2.75, 3.05) is 27.2 Å². The van der Waals surface area contributed by atoms with Crippen LogP contribution in [0.3, 0.4) is 0 Å². The third-order valence-electron chi connectivity index (χ3n) is 0.782. The zero-order chi connectivity index (χ0) is 5.70. The summed E-state index contributed by atoms with van der Waals surface area (Å²) in [7, 11) is 4.05. The zero-order valence-corrected chi connectivity index (χ0v) is 6.07. The minimum Gasteiger partial charge on any atom is -0.677 e. The molecule has 0 unspecified atom stereocenters. The predicted octanol–water partition coefficient (Wildman–Crippen LogP) is -2.01. The molecule has 0 saturated carbocycles. The SMILES string of the molecule is CN(C)CCC[NH-].[Li+]. The first-order chi connectivity index (χ1) is 3.27. The van der Waals surface area contributed by atoms with Gasteiger partial charge in [-0.3, -0.25) is 0 Å². The molecular formula is C5H13LiN2. The Bertz CT molecular complexity index is 39.4. The summed E-state index contributed by atoms with van der Waals surface area (Å²) >= 11 is 0. The maximum Gasteiger partial charge on any atom is 1.00 e. The van der Waals surface area contributed by atoms with Crippen molar-refractivity contribution < 1.29 is 18.9 Å². The molecule has 0 spiro atoms. The Kier molecular flexibility index (Phi) is 10.6. The van der Waals surface area contributed by atoms with Gasteiger partial charge in [0.2, 0.25) is 0 Å². The van der Waals surface area contributed by atoms with E-state index in [9.17, 15) is 0 Å². The van der Waals surface area contributed by atoms with Crippen molar-refractivity contribution in [1.82, 2.24) is 4.90 Å². The van der Waals surface area contributed by atoms with Crippen LogP contribution in [0.5, 0.6) is 0 Å². The Morgan fingerprint density at radius 3 is 2.00 bits per heavy atom. The summed E-state index contributed by atoms with van der Waals surface area (Å²) in [4.78, 5) is 2.09. The van der Waals surface area contributed by atoms with Crippen LogP contribution in [-0.4, -0.2) is 32.1 Å². The van der Waals surface area contributed by atoms with Gasteiger partial charge in [0.05, 0.1) is 0 Å². The Labute approximate surface area is 63.6 Å². The largest absolute Gasteiger partial charge is 1.00 e. The summed E-state index contributed by atoms with van der Waals surface area (Å²) in [6, 6.07) is 0. The second-order valence-electron chi connectivity index (χ2n) is 1.91. The first-order valence-electron chi connectivity index (χ1n) is 2.56. The molecule has 0 atom stereocenters. The van der Waals surface area contributed by atoms with Crippen molar-refractivity contribution in [3.05, 3.63) is 5.73 Å². The van der Waals surface area contributed by atoms with Gasteiger partial charge in [0.15, 0.2) is 0 Å².